The van der Waals surface area contributed by atoms with Gasteiger partial charge in [0.15, 0.2) is 5.69 Å². The van der Waals surface area contributed by atoms with E-state index < -0.39 is 5.97 Å². The van der Waals surface area contributed by atoms with Crippen LogP contribution in [-0.4, -0.2) is 34.9 Å². The molecule has 3 aromatic rings. The molecule has 1 aromatic heterocycles. The number of nitrogens with zero attached hydrogens (tertiary/aromatic N) is 2. The summed E-state index contributed by atoms with van der Waals surface area (Å²) in [6.45, 7) is 7.37. The number of benzene rings is 2. The number of hydrogen-bond acceptors (Lipinski definition) is 5. The molecule has 29 heavy (non-hydrogen) atoms. The highest BCUT2D eigenvalue weighted by molar-refractivity contribution is 7.09. The Morgan fingerprint density at radius 2 is 1.90 bits per heavy atom. The van der Waals surface area contributed by atoms with Gasteiger partial charge in [0.1, 0.15) is 5.01 Å². The second kappa shape index (κ2) is 9.65. The summed E-state index contributed by atoms with van der Waals surface area (Å²) in [5.41, 5.74) is 0.988. The molecule has 1 heterocycles. The Balaban J connectivity index is 1.86. The van der Waals surface area contributed by atoms with Crippen LogP contribution in [0, 0.1) is 5.92 Å². The molecule has 0 atom stereocenters. The fourth-order valence-corrected chi connectivity index (χ4v) is 3.87. The average molecular weight is 411 g/mol. The van der Waals surface area contributed by atoms with Gasteiger partial charge in [-0.2, -0.15) is 0 Å². The highest BCUT2D eigenvalue weighted by Crippen LogP contribution is 2.22. The van der Waals surface area contributed by atoms with Gasteiger partial charge in [-0.3, -0.25) is 4.79 Å². The van der Waals surface area contributed by atoms with Gasteiger partial charge in [0.05, 0.1) is 13.2 Å². The quantitative estimate of drug-likeness (QED) is 0.481. The standard InChI is InChI=1S/C23H26N2O3S/c1-4-28-23(27)20-15-29-21(24-20)14-25(13-12-16(2)3)22(26)19-11-7-9-17-8-5-6-10-18(17)19/h5-11,15-16H,4,12-14H2,1-3H3. The summed E-state index contributed by atoms with van der Waals surface area (Å²) in [4.78, 5) is 31.5. The van der Waals surface area contributed by atoms with Crippen molar-refractivity contribution in [1.82, 2.24) is 9.88 Å². The van der Waals surface area contributed by atoms with Gasteiger partial charge < -0.3 is 9.64 Å². The van der Waals surface area contributed by atoms with Crippen LogP contribution in [0.3, 0.4) is 0 Å². The zero-order chi connectivity index (χ0) is 20.8. The van der Waals surface area contributed by atoms with E-state index in [-0.39, 0.29) is 5.91 Å². The number of thiazole rings is 1. The van der Waals surface area contributed by atoms with Crippen LogP contribution in [-0.2, 0) is 11.3 Å². The molecular weight excluding hydrogens is 384 g/mol. The van der Waals surface area contributed by atoms with Gasteiger partial charge in [0, 0.05) is 17.5 Å². The molecule has 1 amide bonds. The first-order chi connectivity index (χ1) is 14.0. The topological polar surface area (TPSA) is 59.5 Å². The molecule has 0 radical (unpaired) electrons. The highest BCUT2D eigenvalue weighted by atomic mass is 32.1. The Kier molecular flexibility index (Phi) is 6.99. The first kappa shape index (κ1) is 21.0. The maximum atomic E-state index is 13.4. The van der Waals surface area contributed by atoms with E-state index in [0.29, 0.717) is 36.9 Å². The highest BCUT2D eigenvalue weighted by Gasteiger charge is 2.21. The number of esters is 1. The second-order valence-corrected chi connectivity index (χ2v) is 8.23. The number of hydrogen-bond donors (Lipinski definition) is 0. The average Bonchev–Trinajstić information content (AvgIpc) is 3.19. The van der Waals surface area contributed by atoms with Crippen LogP contribution in [0.5, 0.6) is 0 Å². The Labute approximate surface area is 175 Å². The van der Waals surface area contributed by atoms with Crippen LogP contribution in [0.4, 0.5) is 0 Å². The Bertz CT molecular complexity index is 991. The lowest BCUT2D eigenvalue weighted by molar-refractivity contribution is 0.0520. The number of amides is 1. The number of carbonyl (C=O) groups is 2. The fraction of sp³-hybridized carbons (Fsp3) is 0.348. The monoisotopic (exact) mass is 410 g/mol. The second-order valence-electron chi connectivity index (χ2n) is 7.28. The zero-order valence-corrected chi connectivity index (χ0v) is 17.9. The van der Waals surface area contributed by atoms with Gasteiger partial charge in [-0.25, -0.2) is 9.78 Å². The van der Waals surface area contributed by atoms with Crippen molar-refractivity contribution in [2.75, 3.05) is 13.2 Å². The maximum Gasteiger partial charge on any atom is 0.357 e. The molecule has 0 fully saturated rings. The summed E-state index contributed by atoms with van der Waals surface area (Å²) < 4.78 is 5.01. The third-order valence-corrected chi connectivity index (χ3v) is 5.48. The van der Waals surface area contributed by atoms with Crippen molar-refractivity contribution in [2.45, 2.75) is 33.7 Å². The van der Waals surface area contributed by atoms with Crippen LogP contribution in [0.25, 0.3) is 10.8 Å². The molecular formula is C23H26N2O3S. The van der Waals surface area contributed by atoms with Gasteiger partial charge in [0.25, 0.3) is 5.91 Å². The minimum atomic E-state index is -0.427. The van der Waals surface area contributed by atoms with Gasteiger partial charge in [-0.15, -0.1) is 11.3 Å². The minimum Gasteiger partial charge on any atom is -0.461 e. The molecule has 0 aliphatic rings. The molecule has 5 nitrogen and oxygen atoms in total. The van der Waals surface area contributed by atoms with Gasteiger partial charge in [0.2, 0.25) is 0 Å². The lowest BCUT2D eigenvalue weighted by Crippen LogP contribution is -2.32. The lowest BCUT2D eigenvalue weighted by atomic mass is 10.0. The summed E-state index contributed by atoms with van der Waals surface area (Å²) >= 11 is 1.38. The van der Waals surface area contributed by atoms with Crippen molar-refractivity contribution in [3.05, 3.63) is 64.1 Å². The number of fused-ring (bicyclic) bond motifs is 1. The molecule has 0 N–H and O–H groups in total. The molecule has 152 valence electrons. The Morgan fingerprint density at radius 3 is 2.66 bits per heavy atom. The predicted octanol–water partition coefficient (Wildman–Crippen LogP) is 5.16. The first-order valence-corrected chi connectivity index (χ1v) is 10.8. The number of ether oxygens (including phenoxy) is 1. The van der Waals surface area contributed by atoms with Crippen LogP contribution in [0.2, 0.25) is 0 Å². The van der Waals surface area contributed by atoms with Crippen molar-refractivity contribution in [1.29, 1.82) is 0 Å². The predicted molar refractivity (Wildman–Crippen MR) is 116 cm³/mol. The van der Waals surface area contributed by atoms with Crippen LogP contribution < -0.4 is 0 Å². The lowest BCUT2D eigenvalue weighted by Gasteiger charge is -2.23. The van der Waals surface area contributed by atoms with Crippen molar-refractivity contribution in [3.8, 4) is 0 Å². The summed E-state index contributed by atoms with van der Waals surface area (Å²) in [5, 5.41) is 4.41. The Hall–Kier alpha value is -2.73. The molecule has 0 unspecified atom stereocenters. The van der Waals surface area contributed by atoms with E-state index >= 15 is 0 Å². The summed E-state index contributed by atoms with van der Waals surface area (Å²) in [5.74, 6) is 0.0312. The van der Waals surface area contributed by atoms with Crippen molar-refractivity contribution >= 4 is 34.0 Å². The number of rotatable bonds is 8. The summed E-state index contributed by atoms with van der Waals surface area (Å²) in [7, 11) is 0. The summed E-state index contributed by atoms with van der Waals surface area (Å²) in [6.07, 6.45) is 0.895. The van der Waals surface area contributed by atoms with Crippen molar-refractivity contribution < 1.29 is 14.3 Å². The molecule has 0 saturated carbocycles. The van der Waals surface area contributed by atoms with Gasteiger partial charge >= 0.3 is 5.97 Å². The largest absolute Gasteiger partial charge is 0.461 e. The summed E-state index contributed by atoms with van der Waals surface area (Å²) in [6, 6.07) is 13.7. The molecule has 0 bridgehead atoms. The van der Waals surface area contributed by atoms with Crippen LogP contribution in [0.1, 0.15) is 53.0 Å². The molecule has 0 aliphatic heterocycles. The first-order valence-electron chi connectivity index (χ1n) is 9.88. The molecule has 0 spiro atoms. The third-order valence-electron chi connectivity index (χ3n) is 4.65. The van der Waals surface area contributed by atoms with Crippen LogP contribution in [0.15, 0.2) is 47.8 Å². The normalized spacial score (nSPS) is 11.0. The number of aromatic nitrogens is 1. The molecule has 3 rings (SSSR count). The van der Waals surface area contributed by atoms with E-state index in [0.717, 1.165) is 22.2 Å². The van der Waals surface area contributed by atoms with E-state index in [9.17, 15) is 9.59 Å². The van der Waals surface area contributed by atoms with Crippen LogP contribution >= 0.6 is 11.3 Å². The van der Waals surface area contributed by atoms with Crippen molar-refractivity contribution in [2.24, 2.45) is 5.92 Å². The fourth-order valence-electron chi connectivity index (χ4n) is 3.09. The molecule has 0 aliphatic carbocycles. The molecule has 2 aromatic carbocycles. The van der Waals surface area contributed by atoms with E-state index in [1.54, 1.807) is 12.3 Å². The molecule has 6 heteroatoms. The van der Waals surface area contributed by atoms with E-state index in [1.807, 2.05) is 47.4 Å². The van der Waals surface area contributed by atoms with Gasteiger partial charge in [-0.1, -0.05) is 50.2 Å². The maximum absolute atomic E-state index is 13.4. The zero-order valence-electron chi connectivity index (χ0n) is 17.1. The van der Waals surface area contributed by atoms with E-state index in [2.05, 4.69) is 18.8 Å². The van der Waals surface area contributed by atoms with Crippen molar-refractivity contribution in [3.63, 3.8) is 0 Å². The smallest absolute Gasteiger partial charge is 0.357 e. The Morgan fingerprint density at radius 1 is 1.14 bits per heavy atom. The third kappa shape index (κ3) is 5.21. The molecule has 0 saturated heterocycles. The van der Waals surface area contributed by atoms with Gasteiger partial charge in [-0.05, 0) is 36.1 Å². The minimum absolute atomic E-state index is 0.0182. The van der Waals surface area contributed by atoms with E-state index in [1.165, 1.54) is 11.3 Å². The van der Waals surface area contributed by atoms with E-state index in [4.69, 9.17) is 4.74 Å². The number of carbonyl (C=O) groups excluding carboxylic acids is 2. The SMILES string of the molecule is CCOC(=O)c1csc(CN(CCC(C)C)C(=O)c2cccc3ccccc23)n1.